The first-order chi connectivity index (χ1) is 8.00. The van der Waals surface area contributed by atoms with Gasteiger partial charge in [-0.1, -0.05) is 17.7 Å². The van der Waals surface area contributed by atoms with E-state index in [0.29, 0.717) is 5.69 Å². The summed E-state index contributed by atoms with van der Waals surface area (Å²) in [5.74, 6) is -1.68. The summed E-state index contributed by atoms with van der Waals surface area (Å²) < 4.78 is 14.9. The van der Waals surface area contributed by atoms with Gasteiger partial charge in [-0.25, -0.2) is 9.18 Å². The van der Waals surface area contributed by atoms with Crippen molar-refractivity contribution in [2.45, 2.75) is 0 Å². The van der Waals surface area contributed by atoms with E-state index in [9.17, 15) is 9.18 Å². The summed E-state index contributed by atoms with van der Waals surface area (Å²) in [4.78, 5) is 10.8. The van der Waals surface area contributed by atoms with Crippen molar-refractivity contribution in [2.75, 3.05) is 0 Å². The molecule has 1 aromatic heterocycles. The molecule has 0 unspecified atom stereocenters. The van der Waals surface area contributed by atoms with Gasteiger partial charge in [-0.05, 0) is 18.2 Å². The number of hydrogen-bond donors (Lipinski definition) is 1. The lowest BCUT2D eigenvalue weighted by atomic mass is 10.1. The van der Waals surface area contributed by atoms with Gasteiger partial charge in [0.1, 0.15) is 5.82 Å². The van der Waals surface area contributed by atoms with Gasteiger partial charge in [0, 0.05) is 7.05 Å². The third-order valence-corrected chi connectivity index (χ3v) is 2.63. The summed E-state index contributed by atoms with van der Waals surface area (Å²) >= 11 is 5.90. The average molecular weight is 255 g/mol. The Kier molecular flexibility index (Phi) is 2.85. The van der Waals surface area contributed by atoms with E-state index in [1.54, 1.807) is 0 Å². The largest absolute Gasteiger partial charge is 0.476 e. The fourth-order valence-electron chi connectivity index (χ4n) is 1.55. The molecule has 2 rings (SSSR count). The van der Waals surface area contributed by atoms with Crippen molar-refractivity contribution in [1.29, 1.82) is 0 Å². The number of aryl methyl sites for hydroxylation is 1. The zero-order chi connectivity index (χ0) is 12.6. The SMILES string of the molecule is Cn1nc(C(=O)O)cc1-c1c(F)cccc1Cl. The van der Waals surface area contributed by atoms with Crippen LogP contribution >= 0.6 is 11.6 Å². The molecule has 0 atom stereocenters. The van der Waals surface area contributed by atoms with Crippen LogP contribution in [-0.4, -0.2) is 20.9 Å². The fourth-order valence-corrected chi connectivity index (χ4v) is 1.81. The number of rotatable bonds is 2. The molecule has 0 aliphatic carbocycles. The highest BCUT2D eigenvalue weighted by Crippen LogP contribution is 2.30. The zero-order valence-corrected chi connectivity index (χ0v) is 9.57. The van der Waals surface area contributed by atoms with Gasteiger partial charge in [-0.2, -0.15) is 5.10 Å². The highest BCUT2D eigenvalue weighted by Gasteiger charge is 2.17. The van der Waals surface area contributed by atoms with Gasteiger partial charge in [-0.3, -0.25) is 4.68 Å². The highest BCUT2D eigenvalue weighted by molar-refractivity contribution is 6.33. The molecule has 0 saturated carbocycles. The van der Waals surface area contributed by atoms with Crippen molar-refractivity contribution >= 4 is 17.6 Å². The molecule has 1 N–H and O–H groups in total. The molecular formula is C11H8ClFN2O2. The molecule has 2 aromatic rings. The van der Waals surface area contributed by atoms with E-state index in [0.717, 1.165) is 0 Å². The van der Waals surface area contributed by atoms with Crippen molar-refractivity contribution in [3.8, 4) is 11.3 Å². The highest BCUT2D eigenvalue weighted by atomic mass is 35.5. The first kappa shape index (κ1) is 11.6. The molecule has 6 heteroatoms. The second kappa shape index (κ2) is 4.18. The average Bonchev–Trinajstić information content (AvgIpc) is 2.61. The smallest absolute Gasteiger partial charge is 0.356 e. The number of nitrogens with zero attached hydrogens (tertiary/aromatic N) is 2. The number of halogens is 2. The van der Waals surface area contributed by atoms with Crippen molar-refractivity contribution in [2.24, 2.45) is 7.05 Å². The first-order valence-corrected chi connectivity index (χ1v) is 5.10. The number of carboxylic acids is 1. The monoisotopic (exact) mass is 254 g/mol. The lowest BCUT2D eigenvalue weighted by Gasteiger charge is -2.05. The minimum absolute atomic E-state index is 0.150. The summed E-state index contributed by atoms with van der Waals surface area (Å²) in [5, 5.41) is 12.8. The van der Waals surface area contributed by atoms with Crippen LogP contribution in [0.3, 0.4) is 0 Å². The summed E-state index contributed by atoms with van der Waals surface area (Å²) in [6.07, 6.45) is 0. The van der Waals surface area contributed by atoms with Gasteiger partial charge < -0.3 is 5.11 Å². The van der Waals surface area contributed by atoms with Gasteiger partial charge in [0.15, 0.2) is 5.69 Å². The Morgan fingerprint density at radius 2 is 2.24 bits per heavy atom. The van der Waals surface area contributed by atoms with Gasteiger partial charge >= 0.3 is 5.97 Å². The van der Waals surface area contributed by atoms with Crippen LogP contribution < -0.4 is 0 Å². The lowest BCUT2D eigenvalue weighted by Crippen LogP contribution is -1.99. The number of carbonyl (C=O) groups is 1. The van der Waals surface area contributed by atoms with Gasteiger partial charge in [0.05, 0.1) is 16.3 Å². The minimum Gasteiger partial charge on any atom is -0.476 e. The van der Waals surface area contributed by atoms with Gasteiger partial charge in [-0.15, -0.1) is 0 Å². The van der Waals surface area contributed by atoms with E-state index in [2.05, 4.69) is 5.10 Å². The molecule has 0 fully saturated rings. The van der Waals surface area contributed by atoms with E-state index in [1.807, 2.05) is 0 Å². The molecule has 0 aliphatic rings. The number of hydrogen-bond acceptors (Lipinski definition) is 2. The molecule has 88 valence electrons. The lowest BCUT2D eigenvalue weighted by molar-refractivity contribution is 0.0689. The van der Waals surface area contributed by atoms with Crippen molar-refractivity contribution in [3.63, 3.8) is 0 Å². The Hall–Kier alpha value is -1.88. The van der Waals surface area contributed by atoms with E-state index in [1.165, 1.54) is 36.0 Å². The molecule has 4 nitrogen and oxygen atoms in total. The maximum atomic E-state index is 13.7. The Morgan fingerprint density at radius 1 is 1.53 bits per heavy atom. The third-order valence-electron chi connectivity index (χ3n) is 2.32. The van der Waals surface area contributed by atoms with E-state index >= 15 is 0 Å². The molecule has 1 heterocycles. The summed E-state index contributed by atoms with van der Waals surface area (Å²) in [5.41, 5.74) is 0.323. The standard InChI is InChI=1S/C11H8ClFN2O2/c1-15-9(5-8(14-15)11(16)17)10-6(12)3-2-4-7(10)13/h2-5H,1H3,(H,16,17). The number of aromatic carboxylic acids is 1. The maximum absolute atomic E-state index is 13.7. The van der Waals surface area contributed by atoms with Crippen LogP contribution in [-0.2, 0) is 7.05 Å². The summed E-state index contributed by atoms with van der Waals surface area (Å²) in [6.45, 7) is 0. The van der Waals surface area contributed by atoms with E-state index < -0.39 is 11.8 Å². The predicted octanol–water partition coefficient (Wildman–Crippen LogP) is 2.58. The molecule has 0 aliphatic heterocycles. The van der Waals surface area contributed by atoms with Gasteiger partial charge in [0.2, 0.25) is 0 Å². The normalized spacial score (nSPS) is 10.5. The van der Waals surface area contributed by atoms with Crippen LogP contribution in [0.4, 0.5) is 4.39 Å². The molecule has 1 aromatic carbocycles. The maximum Gasteiger partial charge on any atom is 0.356 e. The Labute approximate surface area is 101 Å². The summed E-state index contributed by atoms with van der Waals surface area (Å²) in [6, 6.07) is 5.56. The second-order valence-electron chi connectivity index (χ2n) is 3.44. The number of carboxylic acid groups (broad SMARTS) is 1. The Balaban J connectivity index is 2.64. The van der Waals surface area contributed by atoms with Crippen LogP contribution in [0.15, 0.2) is 24.3 Å². The molecule has 0 saturated heterocycles. The van der Waals surface area contributed by atoms with Crippen molar-refractivity contribution in [1.82, 2.24) is 9.78 Å². The van der Waals surface area contributed by atoms with E-state index in [4.69, 9.17) is 16.7 Å². The number of aromatic nitrogens is 2. The molecule has 0 radical (unpaired) electrons. The third kappa shape index (κ3) is 2.01. The van der Waals surface area contributed by atoms with Crippen molar-refractivity contribution in [3.05, 3.63) is 40.8 Å². The molecule has 17 heavy (non-hydrogen) atoms. The van der Waals surface area contributed by atoms with Crippen LogP contribution in [0, 0.1) is 5.82 Å². The Morgan fingerprint density at radius 3 is 2.76 bits per heavy atom. The molecule has 0 spiro atoms. The zero-order valence-electron chi connectivity index (χ0n) is 8.82. The van der Waals surface area contributed by atoms with Gasteiger partial charge in [0.25, 0.3) is 0 Å². The summed E-state index contributed by atoms with van der Waals surface area (Å²) in [7, 11) is 1.53. The Bertz CT molecular complexity index is 575. The fraction of sp³-hybridized carbons (Fsp3) is 0.0909. The number of benzene rings is 1. The predicted molar refractivity (Wildman–Crippen MR) is 60.6 cm³/mol. The minimum atomic E-state index is -1.17. The topological polar surface area (TPSA) is 55.1 Å². The van der Waals surface area contributed by atoms with Crippen LogP contribution in [0.2, 0.25) is 5.02 Å². The molecule has 0 amide bonds. The molecular weight excluding hydrogens is 247 g/mol. The quantitative estimate of drug-likeness (QED) is 0.896. The van der Waals surface area contributed by atoms with Crippen LogP contribution in [0.5, 0.6) is 0 Å². The second-order valence-corrected chi connectivity index (χ2v) is 3.85. The van der Waals surface area contributed by atoms with Crippen LogP contribution in [0.1, 0.15) is 10.5 Å². The molecule has 0 bridgehead atoms. The van der Waals surface area contributed by atoms with Crippen LogP contribution in [0.25, 0.3) is 11.3 Å². The first-order valence-electron chi connectivity index (χ1n) is 4.72. The van der Waals surface area contributed by atoms with Crippen molar-refractivity contribution < 1.29 is 14.3 Å². The van der Waals surface area contributed by atoms with E-state index in [-0.39, 0.29) is 16.3 Å².